The molecule has 0 fully saturated rings. The molecule has 0 saturated carbocycles. The van der Waals surface area contributed by atoms with Crippen LogP contribution in [0.1, 0.15) is 11.1 Å². The number of methoxy groups -OCH3 is 2. The van der Waals surface area contributed by atoms with Crippen LogP contribution < -0.4 is 14.2 Å². The molecule has 1 heterocycles. The van der Waals surface area contributed by atoms with Crippen molar-refractivity contribution >= 4 is 0 Å². The van der Waals surface area contributed by atoms with Gasteiger partial charge in [-0.1, -0.05) is 6.07 Å². The molecule has 0 radical (unpaired) electrons. The third-order valence-corrected chi connectivity index (χ3v) is 3.68. The number of rotatable bonds is 6. The number of imidazole rings is 1. The van der Waals surface area contributed by atoms with Gasteiger partial charge in [0.15, 0.2) is 11.5 Å². The highest BCUT2D eigenvalue weighted by Crippen LogP contribution is 2.36. The van der Waals surface area contributed by atoms with Crippen molar-refractivity contribution in [2.45, 2.75) is 6.54 Å². The van der Waals surface area contributed by atoms with Gasteiger partial charge in [0, 0.05) is 25.0 Å². The Morgan fingerprint density at radius 2 is 1.92 bits per heavy atom. The summed E-state index contributed by atoms with van der Waals surface area (Å²) in [5.74, 6) is 2.15. The molecule has 25 heavy (non-hydrogen) atoms. The lowest BCUT2D eigenvalue weighted by Gasteiger charge is -2.13. The SMILES string of the molecule is COc1ccc(OC)c(Oc2cc(Cn3ccnc3)ccc2C#N)c1. The van der Waals surface area contributed by atoms with Crippen LogP contribution >= 0.6 is 0 Å². The quantitative estimate of drug-likeness (QED) is 0.688. The van der Waals surface area contributed by atoms with E-state index in [1.807, 2.05) is 22.9 Å². The van der Waals surface area contributed by atoms with Gasteiger partial charge in [0.25, 0.3) is 0 Å². The Labute approximate surface area is 145 Å². The zero-order valence-electron chi connectivity index (χ0n) is 14.0. The van der Waals surface area contributed by atoms with E-state index >= 15 is 0 Å². The molecule has 0 unspecified atom stereocenters. The zero-order chi connectivity index (χ0) is 17.6. The Bertz CT molecular complexity index is 899. The van der Waals surface area contributed by atoms with Crippen molar-refractivity contribution in [1.82, 2.24) is 9.55 Å². The van der Waals surface area contributed by atoms with Crippen LogP contribution in [0, 0.1) is 11.3 Å². The van der Waals surface area contributed by atoms with Gasteiger partial charge in [0.05, 0.1) is 26.1 Å². The second-order valence-corrected chi connectivity index (χ2v) is 5.30. The molecular weight excluding hydrogens is 318 g/mol. The average Bonchev–Trinajstić information content (AvgIpc) is 3.15. The third kappa shape index (κ3) is 3.72. The number of aromatic nitrogens is 2. The van der Waals surface area contributed by atoms with E-state index in [9.17, 15) is 5.26 Å². The maximum atomic E-state index is 9.37. The van der Waals surface area contributed by atoms with Gasteiger partial charge in [-0.15, -0.1) is 0 Å². The summed E-state index contributed by atoms with van der Waals surface area (Å²) >= 11 is 0. The molecule has 0 aliphatic carbocycles. The fourth-order valence-electron chi connectivity index (χ4n) is 2.42. The van der Waals surface area contributed by atoms with Crippen molar-refractivity contribution in [2.75, 3.05) is 14.2 Å². The summed E-state index contributed by atoms with van der Waals surface area (Å²) in [6.07, 6.45) is 5.34. The van der Waals surface area contributed by atoms with Crippen LogP contribution in [0.5, 0.6) is 23.0 Å². The summed E-state index contributed by atoms with van der Waals surface area (Å²) in [6, 6.07) is 12.9. The van der Waals surface area contributed by atoms with Crippen molar-refractivity contribution in [3.8, 4) is 29.1 Å². The first-order valence-electron chi connectivity index (χ1n) is 7.62. The van der Waals surface area contributed by atoms with Crippen molar-refractivity contribution in [3.63, 3.8) is 0 Å². The van der Waals surface area contributed by atoms with Crippen LogP contribution in [-0.4, -0.2) is 23.8 Å². The molecule has 0 N–H and O–H groups in total. The molecule has 0 aliphatic heterocycles. The van der Waals surface area contributed by atoms with Crippen LogP contribution in [0.2, 0.25) is 0 Å². The molecule has 6 heteroatoms. The molecule has 126 valence electrons. The van der Waals surface area contributed by atoms with Gasteiger partial charge in [-0.3, -0.25) is 0 Å². The topological polar surface area (TPSA) is 69.3 Å². The van der Waals surface area contributed by atoms with E-state index in [4.69, 9.17) is 14.2 Å². The van der Waals surface area contributed by atoms with Crippen LogP contribution in [0.4, 0.5) is 0 Å². The first-order valence-corrected chi connectivity index (χ1v) is 7.62. The van der Waals surface area contributed by atoms with Crippen molar-refractivity contribution in [2.24, 2.45) is 0 Å². The fraction of sp³-hybridized carbons (Fsp3) is 0.158. The molecular formula is C19H17N3O3. The summed E-state index contributed by atoms with van der Waals surface area (Å²) in [5, 5.41) is 9.37. The number of ether oxygens (including phenoxy) is 3. The Morgan fingerprint density at radius 1 is 1.04 bits per heavy atom. The van der Waals surface area contributed by atoms with Crippen molar-refractivity contribution < 1.29 is 14.2 Å². The smallest absolute Gasteiger partial charge is 0.173 e. The van der Waals surface area contributed by atoms with Crippen LogP contribution in [-0.2, 0) is 6.54 Å². The number of hydrogen-bond acceptors (Lipinski definition) is 5. The van der Waals surface area contributed by atoms with E-state index in [-0.39, 0.29) is 0 Å². The number of hydrogen-bond donors (Lipinski definition) is 0. The summed E-state index contributed by atoms with van der Waals surface area (Å²) in [4.78, 5) is 4.03. The van der Waals surface area contributed by atoms with E-state index < -0.39 is 0 Å². The van der Waals surface area contributed by atoms with Gasteiger partial charge in [-0.05, 0) is 29.8 Å². The minimum absolute atomic E-state index is 0.444. The number of nitriles is 1. The lowest BCUT2D eigenvalue weighted by Crippen LogP contribution is -1.98. The largest absolute Gasteiger partial charge is 0.497 e. The molecule has 0 saturated heterocycles. The molecule has 6 nitrogen and oxygen atoms in total. The van der Waals surface area contributed by atoms with E-state index in [0.717, 1.165) is 5.56 Å². The van der Waals surface area contributed by atoms with Crippen LogP contribution in [0.15, 0.2) is 55.1 Å². The average molecular weight is 335 g/mol. The second-order valence-electron chi connectivity index (χ2n) is 5.30. The standard InChI is InChI=1S/C19H17N3O3/c1-23-16-5-6-17(24-2)19(10-16)25-18-9-14(3-4-15(18)11-20)12-22-8-7-21-13-22/h3-10,13H,12H2,1-2H3. The third-order valence-electron chi connectivity index (χ3n) is 3.68. The molecule has 0 aliphatic rings. The Hall–Kier alpha value is -3.46. The van der Waals surface area contributed by atoms with Gasteiger partial charge in [0.1, 0.15) is 17.6 Å². The molecule has 0 spiro atoms. The minimum atomic E-state index is 0.444. The maximum Gasteiger partial charge on any atom is 0.173 e. The second kappa shape index (κ2) is 7.41. The maximum absolute atomic E-state index is 9.37. The first kappa shape index (κ1) is 16.4. The zero-order valence-corrected chi connectivity index (χ0v) is 14.0. The lowest BCUT2D eigenvalue weighted by atomic mass is 10.1. The van der Waals surface area contributed by atoms with E-state index in [1.165, 1.54) is 0 Å². The summed E-state index contributed by atoms with van der Waals surface area (Å²) in [5.41, 5.74) is 1.44. The molecule has 3 aromatic rings. The Balaban J connectivity index is 1.94. The predicted octanol–water partition coefficient (Wildman–Crippen LogP) is 3.61. The first-order chi connectivity index (χ1) is 12.2. The highest BCUT2D eigenvalue weighted by atomic mass is 16.5. The minimum Gasteiger partial charge on any atom is -0.497 e. The molecule has 0 atom stereocenters. The van der Waals surface area contributed by atoms with Crippen molar-refractivity contribution in [3.05, 3.63) is 66.2 Å². The van der Waals surface area contributed by atoms with Crippen LogP contribution in [0.25, 0.3) is 0 Å². The van der Waals surface area contributed by atoms with Crippen molar-refractivity contribution in [1.29, 1.82) is 5.26 Å². The predicted molar refractivity (Wildman–Crippen MR) is 92.1 cm³/mol. The van der Waals surface area contributed by atoms with Gasteiger partial charge in [-0.25, -0.2) is 4.98 Å². The van der Waals surface area contributed by atoms with Gasteiger partial charge in [-0.2, -0.15) is 5.26 Å². The lowest BCUT2D eigenvalue weighted by molar-refractivity contribution is 0.370. The summed E-state index contributed by atoms with van der Waals surface area (Å²) in [7, 11) is 3.15. The van der Waals surface area contributed by atoms with Gasteiger partial charge in [0.2, 0.25) is 0 Å². The molecule has 0 amide bonds. The molecule has 3 rings (SSSR count). The van der Waals surface area contributed by atoms with Crippen LogP contribution in [0.3, 0.4) is 0 Å². The highest BCUT2D eigenvalue weighted by Gasteiger charge is 2.12. The van der Waals surface area contributed by atoms with E-state index in [2.05, 4.69) is 11.1 Å². The Kier molecular flexibility index (Phi) is 4.86. The molecule has 0 bridgehead atoms. The highest BCUT2D eigenvalue weighted by molar-refractivity contribution is 5.52. The Morgan fingerprint density at radius 3 is 2.60 bits per heavy atom. The molecule has 2 aromatic carbocycles. The number of nitrogens with zero attached hydrogens (tertiary/aromatic N) is 3. The summed E-state index contributed by atoms with van der Waals surface area (Å²) in [6.45, 7) is 0.636. The number of benzene rings is 2. The van der Waals surface area contributed by atoms with Gasteiger partial charge >= 0.3 is 0 Å². The van der Waals surface area contributed by atoms with E-state index in [1.54, 1.807) is 51.0 Å². The summed E-state index contributed by atoms with van der Waals surface area (Å²) < 4.78 is 18.5. The normalized spacial score (nSPS) is 10.1. The monoisotopic (exact) mass is 335 g/mol. The molecule has 1 aromatic heterocycles. The fourth-order valence-corrected chi connectivity index (χ4v) is 2.42. The van der Waals surface area contributed by atoms with E-state index in [0.29, 0.717) is 35.1 Å². The van der Waals surface area contributed by atoms with Gasteiger partial charge < -0.3 is 18.8 Å².